The second-order valence-corrected chi connectivity index (χ2v) is 9.16. The Kier molecular flexibility index (Phi) is 6.88. The number of hydrogen-bond acceptors (Lipinski definition) is 8. The monoisotopic (exact) mass is 559 g/mol. The molecule has 0 saturated heterocycles. The highest BCUT2D eigenvalue weighted by Crippen LogP contribution is 2.39. The molecule has 2 aromatic carbocycles. The van der Waals surface area contributed by atoms with Gasteiger partial charge in [-0.05, 0) is 37.3 Å². The lowest BCUT2D eigenvalue weighted by Crippen LogP contribution is -2.12. The Bertz CT molecular complexity index is 1600. The molecule has 0 aliphatic rings. The number of halogens is 6. The lowest BCUT2D eigenvalue weighted by atomic mass is 10.1. The molecule has 0 saturated carbocycles. The molecule has 0 aliphatic heterocycles. The number of aromatic nitrogens is 4. The van der Waals surface area contributed by atoms with Gasteiger partial charge in [-0.3, -0.25) is 0 Å². The molecular weight excluding hydrogens is 544 g/mol. The van der Waals surface area contributed by atoms with Crippen molar-refractivity contribution in [3.05, 3.63) is 59.8 Å². The molecule has 0 fully saturated rings. The summed E-state index contributed by atoms with van der Waals surface area (Å²) < 4.78 is 114. The van der Waals surface area contributed by atoms with Gasteiger partial charge in [0.25, 0.3) is 5.89 Å². The van der Waals surface area contributed by atoms with Crippen LogP contribution in [0.25, 0.3) is 34.4 Å². The molecule has 0 radical (unpaired) electrons. The highest BCUT2D eigenvalue weighted by atomic mass is 32.2. The maximum absolute atomic E-state index is 13.6. The van der Waals surface area contributed by atoms with Gasteiger partial charge in [0, 0.05) is 11.1 Å². The van der Waals surface area contributed by atoms with Crippen LogP contribution in [-0.4, -0.2) is 35.1 Å². The molecule has 4 rings (SSSR count). The number of nitrogens with two attached hydrogens (primary N) is 1. The van der Waals surface area contributed by atoms with Crippen LogP contribution in [0, 0.1) is 0 Å². The van der Waals surface area contributed by atoms with Crippen molar-refractivity contribution in [3.63, 3.8) is 0 Å². The van der Waals surface area contributed by atoms with Gasteiger partial charge in [0.15, 0.2) is 0 Å². The Morgan fingerprint density at radius 1 is 0.895 bits per heavy atom. The van der Waals surface area contributed by atoms with E-state index in [1.807, 2.05) is 0 Å². The molecule has 2 N–H and O–H groups in total. The predicted molar refractivity (Wildman–Crippen MR) is 119 cm³/mol. The molecule has 0 atom stereocenters. The van der Waals surface area contributed by atoms with Crippen molar-refractivity contribution in [2.45, 2.75) is 24.2 Å². The zero-order chi connectivity index (χ0) is 27.9. The zero-order valence-corrected chi connectivity index (χ0v) is 19.8. The third-order valence-corrected chi connectivity index (χ3v) is 5.85. The van der Waals surface area contributed by atoms with Gasteiger partial charge in [-0.15, -0.1) is 0 Å². The minimum absolute atomic E-state index is 0.114. The number of alkyl halides is 6. The standard InChI is InChI=1S/C22H15F6N5O4S/c1-2-36-16-9-11(6-7-14(16)21(23,24)25)15-10-17(22(26,27)28)31-19(30-15)20-32-18(33-37-20)12-4-3-5-13(8-12)38(29,34)35/h3-10H,2H2,1H3,(H2,29,34,35). The predicted octanol–water partition coefficient (Wildman–Crippen LogP) is 4.94. The summed E-state index contributed by atoms with van der Waals surface area (Å²) in [5.41, 5.74) is -2.95. The maximum atomic E-state index is 13.6. The van der Waals surface area contributed by atoms with Crippen molar-refractivity contribution >= 4 is 10.0 Å². The van der Waals surface area contributed by atoms with Crippen LogP contribution in [0.1, 0.15) is 18.2 Å². The first-order valence-corrected chi connectivity index (χ1v) is 12.0. The molecule has 2 aromatic heterocycles. The summed E-state index contributed by atoms with van der Waals surface area (Å²) >= 11 is 0. The summed E-state index contributed by atoms with van der Waals surface area (Å²) in [4.78, 5) is 11.1. The normalized spacial score (nSPS) is 12.5. The molecule has 16 heteroatoms. The van der Waals surface area contributed by atoms with E-state index >= 15 is 0 Å². The molecular formula is C22H15F6N5O4S. The number of ether oxygens (including phenoxy) is 1. The minimum atomic E-state index is -4.96. The number of sulfonamides is 1. The largest absolute Gasteiger partial charge is 0.493 e. The summed E-state index contributed by atoms with van der Waals surface area (Å²) in [6.07, 6.45) is -9.73. The Morgan fingerprint density at radius 3 is 2.26 bits per heavy atom. The Hall–Kier alpha value is -4.05. The first-order chi connectivity index (χ1) is 17.7. The van der Waals surface area contributed by atoms with E-state index in [2.05, 4.69) is 20.1 Å². The van der Waals surface area contributed by atoms with Crippen LogP contribution in [-0.2, 0) is 22.4 Å². The quantitative estimate of drug-likeness (QED) is 0.328. The topological polar surface area (TPSA) is 134 Å². The molecule has 9 nitrogen and oxygen atoms in total. The summed E-state index contributed by atoms with van der Waals surface area (Å²) in [5.74, 6) is -2.04. The second-order valence-electron chi connectivity index (χ2n) is 7.60. The highest BCUT2D eigenvalue weighted by molar-refractivity contribution is 7.89. The van der Waals surface area contributed by atoms with E-state index in [1.54, 1.807) is 0 Å². The highest BCUT2D eigenvalue weighted by Gasteiger charge is 2.36. The average molecular weight is 559 g/mol. The number of primary sulfonamides is 1. The lowest BCUT2D eigenvalue weighted by molar-refractivity contribution is -0.141. The Morgan fingerprint density at radius 2 is 1.63 bits per heavy atom. The van der Waals surface area contributed by atoms with E-state index in [0.29, 0.717) is 12.1 Å². The summed E-state index contributed by atoms with van der Waals surface area (Å²) in [6.45, 7) is 1.32. The maximum Gasteiger partial charge on any atom is 0.433 e. The third-order valence-electron chi connectivity index (χ3n) is 4.94. The van der Waals surface area contributed by atoms with Crippen molar-refractivity contribution in [2.75, 3.05) is 6.61 Å². The summed E-state index contributed by atoms with van der Waals surface area (Å²) in [6, 6.07) is 8.14. The molecule has 0 spiro atoms. The van der Waals surface area contributed by atoms with Crippen molar-refractivity contribution in [1.29, 1.82) is 0 Å². The van der Waals surface area contributed by atoms with Crippen molar-refractivity contribution in [2.24, 2.45) is 5.14 Å². The van der Waals surface area contributed by atoms with Gasteiger partial charge in [-0.25, -0.2) is 23.5 Å². The van der Waals surface area contributed by atoms with E-state index < -0.39 is 56.8 Å². The van der Waals surface area contributed by atoms with Crippen LogP contribution in [0.15, 0.2) is 57.9 Å². The van der Waals surface area contributed by atoms with Crippen LogP contribution in [0.5, 0.6) is 5.75 Å². The van der Waals surface area contributed by atoms with Gasteiger partial charge in [0.2, 0.25) is 21.7 Å². The Balaban J connectivity index is 1.82. The fourth-order valence-electron chi connectivity index (χ4n) is 3.27. The van der Waals surface area contributed by atoms with Crippen LogP contribution in [0.3, 0.4) is 0 Å². The number of hydrogen-bond donors (Lipinski definition) is 1. The number of rotatable bonds is 6. The van der Waals surface area contributed by atoms with Crippen molar-refractivity contribution in [1.82, 2.24) is 20.1 Å². The van der Waals surface area contributed by atoms with Gasteiger partial charge in [0.1, 0.15) is 11.4 Å². The van der Waals surface area contributed by atoms with Crippen LogP contribution in [0.2, 0.25) is 0 Å². The fraction of sp³-hybridized carbons (Fsp3) is 0.182. The van der Waals surface area contributed by atoms with Gasteiger partial charge in [0.05, 0.1) is 22.8 Å². The smallest absolute Gasteiger partial charge is 0.433 e. The lowest BCUT2D eigenvalue weighted by Gasteiger charge is -2.15. The van der Waals surface area contributed by atoms with E-state index in [-0.39, 0.29) is 28.5 Å². The van der Waals surface area contributed by atoms with Crippen LogP contribution < -0.4 is 9.88 Å². The molecule has 0 bridgehead atoms. The molecule has 0 amide bonds. The molecule has 4 aromatic rings. The summed E-state index contributed by atoms with van der Waals surface area (Å²) in [5, 5.41) is 8.73. The molecule has 38 heavy (non-hydrogen) atoms. The minimum Gasteiger partial charge on any atom is -0.493 e. The molecule has 200 valence electrons. The van der Waals surface area contributed by atoms with Gasteiger partial charge >= 0.3 is 12.4 Å². The molecule has 0 unspecified atom stereocenters. The van der Waals surface area contributed by atoms with Gasteiger partial charge in [-0.2, -0.15) is 31.3 Å². The molecule has 2 heterocycles. The van der Waals surface area contributed by atoms with E-state index in [1.165, 1.54) is 25.1 Å². The SMILES string of the molecule is CCOc1cc(-c2cc(C(F)(F)F)nc(-c3nc(-c4cccc(S(N)(=O)=O)c4)no3)n2)ccc1C(F)(F)F. The third kappa shape index (κ3) is 5.75. The van der Waals surface area contributed by atoms with Crippen LogP contribution in [0.4, 0.5) is 26.3 Å². The first-order valence-electron chi connectivity index (χ1n) is 10.4. The number of benzene rings is 2. The van der Waals surface area contributed by atoms with E-state index in [9.17, 15) is 34.8 Å². The van der Waals surface area contributed by atoms with Crippen LogP contribution >= 0.6 is 0 Å². The van der Waals surface area contributed by atoms with Crippen molar-refractivity contribution < 1.29 is 44.0 Å². The van der Waals surface area contributed by atoms with Gasteiger partial charge < -0.3 is 9.26 Å². The van der Waals surface area contributed by atoms with E-state index in [0.717, 1.165) is 18.2 Å². The summed E-state index contributed by atoms with van der Waals surface area (Å²) in [7, 11) is -4.07. The first kappa shape index (κ1) is 27.0. The Labute approximate surface area is 210 Å². The molecule has 0 aliphatic carbocycles. The van der Waals surface area contributed by atoms with E-state index in [4.69, 9.17) is 14.4 Å². The van der Waals surface area contributed by atoms with Gasteiger partial charge in [-0.1, -0.05) is 23.4 Å². The average Bonchev–Trinajstić information content (AvgIpc) is 3.33. The second kappa shape index (κ2) is 9.68. The fourth-order valence-corrected chi connectivity index (χ4v) is 3.83. The van der Waals surface area contributed by atoms with Crippen molar-refractivity contribution in [3.8, 4) is 40.1 Å². The number of nitrogens with zero attached hydrogens (tertiary/aromatic N) is 4. The zero-order valence-electron chi connectivity index (χ0n) is 19.0.